The summed E-state index contributed by atoms with van der Waals surface area (Å²) in [6.07, 6.45) is 4.69. The Bertz CT molecular complexity index is 820. The van der Waals surface area contributed by atoms with E-state index in [2.05, 4.69) is 4.98 Å². The molecule has 0 spiro atoms. The second-order valence-electron chi connectivity index (χ2n) is 5.77. The third-order valence-corrected chi connectivity index (χ3v) is 5.88. The van der Waals surface area contributed by atoms with Gasteiger partial charge in [-0.25, -0.2) is 8.42 Å². The summed E-state index contributed by atoms with van der Waals surface area (Å²) in [6.45, 7) is 0.939. The molecule has 1 aromatic heterocycles. The number of amides is 1. The van der Waals surface area contributed by atoms with Crippen LogP contribution in [0.15, 0.2) is 53.7 Å². The summed E-state index contributed by atoms with van der Waals surface area (Å²) in [4.78, 5) is 17.7. The van der Waals surface area contributed by atoms with Crippen LogP contribution in [0.3, 0.4) is 0 Å². The van der Waals surface area contributed by atoms with Gasteiger partial charge in [0.15, 0.2) is 0 Å². The van der Waals surface area contributed by atoms with Gasteiger partial charge in [0.05, 0.1) is 4.90 Å². The van der Waals surface area contributed by atoms with Gasteiger partial charge in [0, 0.05) is 44.6 Å². The van der Waals surface area contributed by atoms with Gasteiger partial charge < -0.3 is 4.90 Å². The van der Waals surface area contributed by atoms with Crippen molar-refractivity contribution in [2.45, 2.75) is 24.3 Å². The lowest BCUT2D eigenvalue weighted by atomic mass is 10.3. The van der Waals surface area contributed by atoms with Crippen LogP contribution < -0.4 is 4.90 Å². The highest BCUT2D eigenvalue weighted by Gasteiger charge is 2.24. The lowest BCUT2D eigenvalue weighted by molar-refractivity contribution is -0.117. The molecule has 0 saturated carbocycles. The van der Waals surface area contributed by atoms with Gasteiger partial charge >= 0.3 is 0 Å². The van der Waals surface area contributed by atoms with Crippen molar-refractivity contribution in [2.75, 3.05) is 18.5 Å². The SMILES string of the molecule is CN(Cc1cccnc1)S(=O)(=O)c1ccc(N2CCCC2=O)cc1. The van der Waals surface area contributed by atoms with Crippen molar-refractivity contribution in [1.82, 2.24) is 9.29 Å². The summed E-state index contributed by atoms with van der Waals surface area (Å²) >= 11 is 0. The van der Waals surface area contributed by atoms with Crippen molar-refractivity contribution in [2.24, 2.45) is 0 Å². The molecule has 2 heterocycles. The maximum Gasteiger partial charge on any atom is 0.243 e. The zero-order valence-corrected chi connectivity index (χ0v) is 14.2. The lowest BCUT2D eigenvalue weighted by Crippen LogP contribution is -2.27. The summed E-state index contributed by atoms with van der Waals surface area (Å²) in [5.74, 6) is 0.0827. The van der Waals surface area contributed by atoms with Crippen LogP contribution in [0, 0.1) is 0 Å². The molecular weight excluding hydrogens is 326 g/mol. The van der Waals surface area contributed by atoms with Gasteiger partial charge in [-0.2, -0.15) is 4.31 Å². The summed E-state index contributed by atoms with van der Waals surface area (Å²) < 4.78 is 26.6. The minimum Gasteiger partial charge on any atom is -0.312 e. The Hall–Kier alpha value is -2.25. The number of benzene rings is 1. The molecule has 24 heavy (non-hydrogen) atoms. The molecule has 2 aromatic rings. The second kappa shape index (κ2) is 6.70. The molecule has 6 nitrogen and oxygen atoms in total. The Labute approximate surface area is 141 Å². The summed E-state index contributed by atoms with van der Waals surface area (Å²) in [7, 11) is -2.05. The molecule has 1 aliphatic rings. The standard InChI is InChI=1S/C17H19N3O3S/c1-19(13-14-4-2-10-18-12-14)24(22,23)16-8-6-15(7-9-16)20-11-3-5-17(20)21/h2,4,6-10,12H,3,5,11,13H2,1H3. The molecule has 0 aliphatic carbocycles. The van der Waals surface area contributed by atoms with Crippen LogP contribution in [-0.4, -0.2) is 37.2 Å². The van der Waals surface area contributed by atoms with Gasteiger partial charge in [0.25, 0.3) is 0 Å². The molecule has 3 rings (SSSR count). The molecule has 0 N–H and O–H groups in total. The molecule has 0 atom stereocenters. The maximum atomic E-state index is 12.7. The van der Waals surface area contributed by atoms with E-state index >= 15 is 0 Å². The molecule has 0 radical (unpaired) electrons. The first-order valence-electron chi connectivity index (χ1n) is 7.74. The van der Waals surface area contributed by atoms with Crippen molar-refractivity contribution in [3.05, 3.63) is 54.4 Å². The van der Waals surface area contributed by atoms with Gasteiger partial charge in [-0.3, -0.25) is 9.78 Å². The van der Waals surface area contributed by atoms with Crippen molar-refractivity contribution in [3.8, 4) is 0 Å². The molecular formula is C17H19N3O3S. The second-order valence-corrected chi connectivity index (χ2v) is 7.81. The van der Waals surface area contributed by atoms with Crippen molar-refractivity contribution >= 4 is 21.6 Å². The summed E-state index contributed by atoms with van der Waals surface area (Å²) in [5.41, 5.74) is 1.56. The van der Waals surface area contributed by atoms with E-state index in [1.807, 2.05) is 6.07 Å². The highest BCUT2D eigenvalue weighted by molar-refractivity contribution is 7.89. The van der Waals surface area contributed by atoms with E-state index in [4.69, 9.17) is 0 Å². The number of rotatable bonds is 5. The number of hydrogen-bond donors (Lipinski definition) is 0. The van der Waals surface area contributed by atoms with Crippen LogP contribution in [0.4, 0.5) is 5.69 Å². The number of carbonyl (C=O) groups excluding carboxylic acids is 1. The summed E-state index contributed by atoms with van der Waals surface area (Å²) in [6, 6.07) is 10.1. The minimum absolute atomic E-state index is 0.0827. The number of pyridine rings is 1. The highest BCUT2D eigenvalue weighted by atomic mass is 32.2. The predicted octanol–water partition coefficient (Wildman–Crippen LogP) is 2.03. The van der Waals surface area contributed by atoms with Crippen molar-refractivity contribution in [3.63, 3.8) is 0 Å². The molecule has 1 aromatic carbocycles. The first-order valence-corrected chi connectivity index (χ1v) is 9.18. The largest absolute Gasteiger partial charge is 0.312 e. The average molecular weight is 345 g/mol. The van der Waals surface area contributed by atoms with E-state index in [0.29, 0.717) is 13.0 Å². The maximum absolute atomic E-state index is 12.7. The van der Waals surface area contributed by atoms with Crippen LogP contribution in [0.2, 0.25) is 0 Å². The molecule has 1 saturated heterocycles. The molecule has 126 valence electrons. The first-order chi connectivity index (χ1) is 11.5. The quantitative estimate of drug-likeness (QED) is 0.831. The van der Waals surface area contributed by atoms with E-state index in [1.165, 1.54) is 4.31 Å². The molecule has 1 fully saturated rings. The van der Waals surface area contributed by atoms with Crippen molar-refractivity contribution in [1.29, 1.82) is 0 Å². The topological polar surface area (TPSA) is 70.6 Å². The molecule has 1 aliphatic heterocycles. The van der Waals surface area contributed by atoms with Crippen LogP contribution in [0.5, 0.6) is 0 Å². The lowest BCUT2D eigenvalue weighted by Gasteiger charge is -2.19. The van der Waals surface area contributed by atoms with E-state index in [-0.39, 0.29) is 17.3 Å². The normalized spacial score (nSPS) is 15.2. The number of sulfonamides is 1. The Morgan fingerprint density at radius 2 is 1.96 bits per heavy atom. The number of anilines is 1. The monoisotopic (exact) mass is 345 g/mol. The fraction of sp³-hybridized carbons (Fsp3) is 0.294. The average Bonchev–Trinajstić information content (AvgIpc) is 3.02. The Morgan fingerprint density at radius 1 is 1.21 bits per heavy atom. The third-order valence-electron chi connectivity index (χ3n) is 4.06. The Morgan fingerprint density at radius 3 is 2.54 bits per heavy atom. The number of carbonyl (C=O) groups is 1. The molecule has 1 amide bonds. The van der Waals surface area contributed by atoms with Crippen molar-refractivity contribution < 1.29 is 13.2 Å². The van der Waals surface area contributed by atoms with E-state index in [0.717, 1.165) is 17.7 Å². The Kier molecular flexibility index (Phi) is 4.64. The molecule has 7 heteroatoms. The molecule has 0 unspecified atom stereocenters. The first kappa shape index (κ1) is 16.6. The van der Waals surface area contributed by atoms with E-state index in [9.17, 15) is 13.2 Å². The van der Waals surface area contributed by atoms with E-state index < -0.39 is 10.0 Å². The van der Waals surface area contributed by atoms with Crippen LogP contribution >= 0.6 is 0 Å². The third kappa shape index (κ3) is 3.32. The van der Waals surface area contributed by atoms with Crippen LogP contribution in [0.25, 0.3) is 0 Å². The van der Waals surface area contributed by atoms with Crippen LogP contribution in [0.1, 0.15) is 18.4 Å². The zero-order valence-electron chi connectivity index (χ0n) is 13.4. The fourth-order valence-corrected chi connectivity index (χ4v) is 3.89. The van der Waals surface area contributed by atoms with Gasteiger partial charge in [0.1, 0.15) is 0 Å². The highest BCUT2D eigenvalue weighted by Crippen LogP contribution is 2.24. The van der Waals surface area contributed by atoms with Gasteiger partial charge in [-0.15, -0.1) is 0 Å². The van der Waals surface area contributed by atoms with Gasteiger partial charge in [-0.05, 0) is 42.3 Å². The van der Waals surface area contributed by atoms with Crippen LogP contribution in [-0.2, 0) is 21.4 Å². The van der Waals surface area contributed by atoms with E-state index in [1.54, 1.807) is 54.7 Å². The smallest absolute Gasteiger partial charge is 0.243 e. The fourth-order valence-electron chi connectivity index (χ4n) is 2.73. The zero-order chi connectivity index (χ0) is 17.2. The summed E-state index contributed by atoms with van der Waals surface area (Å²) in [5, 5.41) is 0. The number of hydrogen-bond acceptors (Lipinski definition) is 4. The predicted molar refractivity (Wildman–Crippen MR) is 90.9 cm³/mol. The Balaban J connectivity index is 1.78. The van der Waals surface area contributed by atoms with Gasteiger partial charge in [-0.1, -0.05) is 6.07 Å². The van der Waals surface area contributed by atoms with Gasteiger partial charge in [0.2, 0.25) is 15.9 Å². The number of aromatic nitrogens is 1. The molecule has 0 bridgehead atoms. The number of nitrogens with zero attached hydrogens (tertiary/aromatic N) is 3. The minimum atomic E-state index is -3.59.